The van der Waals surface area contributed by atoms with Crippen molar-refractivity contribution >= 4 is 10.8 Å². The van der Waals surface area contributed by atoms with E-state index < -0.39 is 0 Å². The zero-order valence-corrected chi connectivity index (χ0v) is 12.1. The summed E-state index contributed by atoms with van der Waals surface area (Å²) in [6.45, 7) is 2.02. The first-order valence-electron chi connectivity index (χ1n) is 7.14. The molecule has 0 aliphatic carbocycles. The first-order chi connectivity index (χ1) is 10.3. The lowest BCUT2D eigenvalue weighted by atomic mass is 9.95. The summed E-state index contributed by atoms with van der Waals surface area (Å²) in [6.07, 6.45) is 2.65. The zero-order chi connectivity index (χ0) is 14.7. The third-order valence-corrected chi connectivity index (χ3v) is 3.93. The number of benzene rings is 2. The molecule has 0 fully saturated rings. The smallest absolute Gasteiger partial charge is 0.0518 e. The summed E-state index contributed by atoms with van der Waals surface area (Å²) in [4.78, 5) is 4.36. The van der Waals surface area contributed by atoms with Crippen molar-refractivity contribution in [2.45, 2.75) is 19.4 Å². The largest absolute Gasteiger partial charge is 0.271 e. The predicted octanol–water partition coefficient (Wildman–Crippen LogP) is 3.29. The lowest BCUT2D eigenvalue weighted by molar-refractivity contribution is 0.548. The maximum absolute atomic E-state index is 5.79. The van der Waals surface area contributed by atoms with Crippen LogP contribution in [0.3, 0.4) is 0 Å². The second kappa shape index (κ2) is 6.04. The molecule has 0 saturated carbocycles. The summed E-state index contributed by atoms with van der Waals surface area (Å²) >= 11 is 0. The van der Waals surface area contributed by atoms with E-state index in [4.69, 9.17) is 5.84 Å². The maximum Gasteiger partial charge on any atom is 0.0518 e. The van der Waals surface area contributed by atoms with Gasteiger partial charge in [0.15, 0.2) is 0 Å². The zero-order valence-electron chi connectivity index (χ0n) is 12.1. The Labute approximate surface area is 124 Å². The van der Waals surface area contributed by atoms with E-state index in [1.54, 1.807) is 0 Å². The first-order valence-corrected chi connectivity index (χ1v) is 7.14. The molecule has 1 heterocycles. The fraction of sp³-hybridized carbons (Fsp3) is 0.167. The van der Waals surface area contributed by atoms with Gasteiger partial charge in [0, 0.05) is 11.9 Å². The van der Waals surface area contributed by atoms with Gasteiger partial charge in [0.2, 0.25) is 0 Å². The number of hydrogen-bond donors (Lipinski definition) is 2. The number of nitrogens with two attached hydrogens (primary N) is 1. The molecule has 0 aliphatic rings. The standard InChI is InChI=1S/C18H19N3/c1-13-16(10-5-11-20-13)18(21-19)12-15-8-4-7-14-6-2-3-9-17(14)15/h2-11,18,21H,12,19H2,1H3. The van der Waals surface area contributed by atoms with E-state index in [1.807, 2.05) is 19.2 Å². The van der Waals surface area contributed by atoms with E-state index in [9.17, 15) is 0 Å². The Hall–Kier alpha value is -2.23. The van der Waals surface area contributed by atoms with Crippen LogP contribution in [0.4, 0.5) is 0 Å². The fourth-order valence-corrected chi connectivity index (χ4v) is 2.81. The highest BCUT2D eigenvalue weighted by Gasteiger charge is 2.14. The summed E-state index contributed by atoms with van der Waals surface area (Å²) < 4.78 is 0. The van der Waals surface area contributed by atoms with E-state index in [0.29, 0.717) is 0 Å². The molecule has 0 bridgehead atoms. The van der Waals surface area contributed by atoms with Gasteiger partial charge in [0.1, 0.15) is 0 Å². The molecular weight excluding hydrogens is 258 g/mol. The molecule has 0 saturated heterocycles. The maximum atomic E-state index is 5.79. The second-order valence-electron chi connectivity index (χ2n) is 5.24. The number of nitrogens with one attached hydrogen (secondary N) is 1. The number of aromatic nitrogens is 1. The summed E-state index contributed by atoms with van der Waals surface area (Å²) in [6, 6.07) is 18.9. The summed E-state index contributed by atoms with van der Waals surface area (Å²) in [5, 5.41) is 2.54. The summed E-state index contributed by atoms with van der Waals surface area (Å²) in [5.74, 6) is 5.79. The Balaban J connectivity index is 1.98. The van der Waals surface area contributed by atoms with Crippen LogP contribution in [0.25, 0.3) is 10.8 Å². The van der Waals surface area contributed by atoms with Crippen LogP contribution in [0.15, 0.2) is 60.8 Å². The van der Waals surface area contributed by atoms with Crippen molar-refractivity contribution < 1.29 is 0 Å². The minimum absolute atomic E-state index is 0.0597. The molecule has 1 aromatic heterocycles. The molecule has 2 aromatic carbocycles. The van der Waals surface area contributed by atoms with Crippen molar-refractivity contribution in [3.8, 4) is 0 Å². The van der Waals surface area contributed by atoms with Crippen LogP contribution >= 0.6 is 0 Å². The van der Waals surface area contributed by atoms with E-state index in [-0.39, 0.29) is 6.04 Å². The van der Waals surface area contributed by atoms with Crippen molar-refractivity contribution in [3.05, 3.63) is 77.6 Å². The van der Waals surface area contributed by atoms with Gasteiger partial charge in [0.05, 0.1) is 6.04 Å². The van der Waals surface area contributed by atoms with Crippen molar-refractivity contribution in [3.63, 3.8) is 0 Å². The third kappa shape index (κ3) is 2.79. The summed E-state index contributed by atoms with van der Waals surface area (Å²) in [5.41, 5.74) is 6.38. The molecule has 0 radical (unpaired) electrons. The van der Waals surface area contributed by atoms with Crippen molar-refractivity contribution in [2.24, 2.45) is 5.84 Å². The number of aryl methyl sites for hydroxylation is 1. The van der Waals surface area contributed by atoms with E-state index in [2.05, 4.69) is 58.9 Å². The van der Waals surface area contributed by atoms with Gasteiger partial charge in [-0.05, 0) is 41.3 Å². The quantitative estimate of drug-likeness (QED) is 0.568. The van der Waals surface area contributed by atoms with Gasteiger partial charge in [-0.15, -0.1) is 0 Å². The van der Waals surface area contributed by atoms with E-state index >= 15 is 0 Å². The first kappa shape index (κ1) is 13.7. The number of rotatable bonds is 4. The van der Waals surface area contributed by atoms with Crippen LogP contribution in [0.5, 0.6) is 0 Å². The molecular formula is C18H19N3. The molecule has 3 nitrogen and oxygen atoms in total. The van der Waals surface area contributed by atoms with Crippen LogP contribution < -0.4 is 11.3 Å². The number of nitrogens with zero attached hydrogens (tertiary/aromatic N) is 1. The number of hydrogen-bond acceptors (Lipinski definition) is 3. The van der Waals surface area contributed by atoms with Gasteiger partial charge in [-0.25, -0.2) is 0 Å². The highest BCUT2D eigenvalue weighted by molar-refractivity contribution is 5.85. The van der Waals surface area contributed by atoms with Gasteiger partial charge < -0.3 is 0 Å². The van der Waals surface area contributed by atoms with Gasteiger partial charge in [-0.3, -0.25) is 16.3 Å². The van der Waals surface area contributed by atoms with Crippen molar-refractivity contribution in [1.82, 2.24) is 10.4 Å². The van der Waals surface area contributed by atoms with Crippen molar-refractivity contribution in [1.29, 1.82) is 0 Å². The molecule has 1 atom stereocenters. The Morgan fingerprint density at radius 1 is 1.05 bits per heavy atom. The highest BCUT2D eigenvalue weighted by Crippen LogP contribution is 2.25. The Kier molecular flexibility index (Phi) is 3.95. The highest BCUT2D eigenvalue weighted by atomic mass is 15.2. The predicted molar refractivity (Wildman–Crippen MR) is 86.7 cm³/mol. The van der Waals surface area contributed by atoms with Gasteiger partial charge in [0.25, 0.3) is 0 Å². The second-order valence-corrected chi connectivity index (χ2v) is 5.24. The molecule has 3 rings (SSSR count). The van der Waals surface area contributed by atoms with Gasteiger partial charge in [-0.2, -0.15) is 0 Å². The van der Waals surface area contributed by atoms with Crippen LogP contribution in [0.1, 0.15) is 22.9 Å². The molecule has 3 N–H and O–H groups in total. The minimum atomic E-state index is 0.0597. The lowest BCUT2D eigenvalue weighted by Gasteiger charge is -2.19. The Morgan fingerprint density at radius 2 is 1.86 bits per heavy atom. The average Bonchev–Trinajstić information content (AvgIpc) is 2.53. The fourth-order valence-electron chi connectivity index (χ4n) is 2.81. The normalized spacial score (nSPS) is 12.5. The lowest BCUT2D eigenvalue weighted by Crippen LogP contribution is -2.30. The Morgan fingerprint density at radius 3 is 2.67 bits per heavy atom. The van der Waals surface area contributed by atoms with Crippen LogP contribution in [0, 0.1) is 6.92 Å². The summed E-state index contributed by atoms with van der Waals surface area (Å²) in [7, 11) is 0. The monoisotopic (exact) mass is 277 g/mol. The molecule has 0 amide bonds. The molecule has 3 heteroatoms. The van der Waals surface area contributed by atoms with E-state index in [0.717, 1.165) is 17.7 Å². The van der Waals surface area contributed by atoms with Gasteiger partial charge >= 0.3 is 0 Å². The third-order valence-electron chi connectivity index (χ3n) is 3.93. The van der Waals surface area contributed by atoms with Crippen molar-refractivity contribution in [2.75, 3.05) is 0 Å². The van der Waals surface area contributed by atoms with Crippen LogP contribution in [0.2, 0.25) is 0 Å². The topological polar surface area (TPSA) is 50.9 Å². The van der Waals surface area contributed by atoms with Gasteiger partial charge in [-0.1, -0.05) is 48.5 Å². The molecule has 3 aromatic rings. The number of hydrazine groups is 1. The molecule has 21 heavy (non-hydrogen) atoms. The Bertz CT molecular complexity index is 747. The minimum Gasteiger partial charge on any atom is -0.271 e. The molecule has 1 unspecified atom stereocenters. The molecule has 106 valence electrons. The SMILES string of the molecule is Cc1ncccc1C(Cc1cccc2ccccc12)NN. The number of fused-ring (bicyclic) bond motifs is 1. The van der Waals surface area contributed by atoms with Crippen LogP contribution in [-0.2, 0) is 6.42 Å². The number of pyridine rings is 1. The van der Waals surface area contributed by atoms with Crippen LogP contribution in [-0.4, -0.2) is 4.98 Å². The molecule has 0 spiro atoms. The molecule has 0 aliphatic heterocycles. The average molecular weight is 277 g/mol. The van der Waals surface area contributed by atoms with E-state index in [1.165, 1.54) is 16.3 Å².